The van der Waals surface area contributed by atoms with Gasteiger partial charge in [0.25, 0.3) is 0 Å². The SMILES string of the molecule is COCC(CC1OC(O)(C2OC(=O)\C(C)=C/C(C)=C\C(C)=C/C(C)C(OC3OC(C)C(OC)C(O)C3O)/C=C\C(C)=C/CCC(O)C(OC)CC2O)C(C)C(O)C1C)OC1CC(C)(O)C(OC2CC(OC)C(O)C(C)O2)C(C)O1. The molecule has 21 heteroatoms. The fourth-order valence-electron chi connectivity index (χ4n) is 11.6. The Hall–Kier alpha value is -2.59. The average molecular weight is 1130 g/mol. The highest BCUT2D eigenvalue weighted by molar-refractivity contribution is 5.88. The van der Waals surface area contributed by atoms with Crippen molar-refractivity contribution in [2.75, 3.05) is 35.0 Å². The van der Waals surface area contributed by atoms with Gasteiger partial charge in [0.15, 0.2) is 25.0 Å². The fraction of sp³-hybridized carbons (Fsp3) is 0.810. The average Bonchev–Trinajstić information content (AvgIpc) is 3.41. The largest absolute Gasteiger partial charge is 0.450 e. The quantitative estimate of drug-likeness (QED) is 0.115. The molecule has 25 unspecified atom stereocenters. The summed E-state index contributed by atoms with van der Waals surface area (Å²) in [6.45, 7) is 19.1. The first-order chi connectivity index (χ1) is 37.1. The third kappa shape index (κ3) is 17.3. The fourth-order valence-corrected chi connectivity index (χ4v) is 11.6. The van der Waals surface area contributed by atoms with Crippen molar-refractivity contribution < 1.29 is 102 Å². The maximum atomic E-state index is 14.3. The van der Waals surface area contributed by atoms with Crippen molar-refractivity contribution in [1.82, 2.24) is 0 Å². The summed E-state index contributed by atoms with van der Waals surface area (Å²) in [4.78, 5) is 14.3. The molecule has 0 aliphatic carbocycles. The molecule has 0 spiro atoms. The van der Waals surface area contributed by atoms with Gasteiger partial charge in [0.2, 0.25) is 5.79 Å². The van der Waals surface area contributed by atoms with Gasteiger partial charge in [-0.3, -0.25) is 0 Å². The van der Waals surface area contributed by atoms with Crippen LogP contribution in [0.5, 0.6) is 0 Å². The molecule has 5 aliphatic heterocycles. The monoisotopic (exact) mass is 1130 g/mol. The molecule has 0 bridgehead atoms. The Labute approximate surface area is 467 Å². The molecule has 0 saturated carbocycles. The van der Waals surface area contributed by atoms with E-state index in [1.165, 1.54) is 42.3 Å². The van der Waals surface area contributed by atoms with Crippen molar-refractivity contribution in [1.29, 1.82) is 0 Å². The van der Waals surface area contributed by atoms with Crippen LogP contribution in [0.1, 0.15) is 115 Å². The predicted octanol–water partition coefficient (Wildman–Crippen LogP) is 3.59. The number of ether oxygens (including phenoxy) is 12. The van der Waals surface area contributed by atoms with Crippen molar-refractivity contribution in [2.45, 2.75) is 249 Å². The zero-order valence-corrected chi connectivity index (χ0v) is 49.1. The topological polar surface area (TPSA) is 290 Å². The van der Waals surface area contributed by atoms with E-state index in [1.807, 2.05) is 51.2 Å². The van der Waals surface area contributed by atoms with Gasteiger partial charge in [0.1, 0.15) is 30.5 Å². The first-order valence-electron chi connectivity index (χ1n) is 27.9. The molecule has 0 aromatic heterocycles. The molecule has 25 atom stereocenters. The van der Waals surface area contributed by atoms with Crippen LogP contribution in [0, 0.1) is 17.8 Å². The highest BCUT2D eigenvalue weighted by atomic mass is 16.7. The molecule has 5 rings (SSSR count). The van der Waals surface area contributed by atoms with Crippen molar-refractivity contribution in [3.05, 3.63) is 58.7 Å². The van der Waals surface area contributed by atoms with Crippen molar-refractivity contribution in [3.63, 3.8) is 0 Å². The second-order valence-electron chi connectivity index (χ2n) is 23.0. The van der Waals surface area contributed by atoms with Crippen LogP contribution in [0.15, 0.2) is 58.7 Å². The van der Waals surface area contributed by atoms with Gasteiger partial charge in [0.05, 0.1) is 79.4 Å². The molecule has 5 aliphatic rings. The Bertz CT molecular complexity index is 2080. The Morgan fingerprint density at radius 3 is 2.03 bits per heavy atom. The molecule has 4 fully saturated rings. The van der Waals surface area contributed by atoms with E-state index < -0.39 is 152 Å². The Morgan fingerprint density at radius 2 is 1.39 bits per heavy atom. The summed E-state index contributed by atoms with van der Waals surface area (Å²) in [5, 5.41) is 92.8. The van der Waals surface area contributed by atoms with Gasteiger partial charge in [-0.15, -0.1) is 0 Å². The zero-order chi connectivity index (χ0) is 58.8. The van der Waals surface area contributed by atoms with Crippen LogP contribution in [0.2, 0.25) is 0 Å². The minimum absolute atomic E-state index is 0.000680. The molecule has 0 radical (unpaired) electrons. The molecule has 5 heterocycles. The number of allylic oxidation sites excluding steroid dienone is 7. The van der Waals surface area contributed by atoms with Gasteiger partial charge in [-0.2, -0.15) is 0 Å². The summed E-state index contributed by atoms with van der Waals surface area (Å²) in [6.07, 6.45) is -8.51. The first-order valence-corrected chi connectivity index (χ1v) is 27.9. The summed E-state index contributed by atoms with van der Waals surface area (Å²) in [5.41, 5.74) is 0.889. The van der Waals surface area contributed by atoms with E-state index >= 15 is 0 Å². The maximum absolute atomic E-state index is 14.3. The van der Waals surface area contributed by atoms with Crippen LogP contribution in [0.25, 0.3) is 0 Å². The van der Waals surface area contributed by atoms with Crippen LogP contribution in [0.4, 0.5) is 0 Å². The summed E-state index contributed by atoms with van der Waals surface area (Å²) >= 11 is 0. The van der Waals surface area contributed by atoms with Gasteiger partial charge in [-0.05, 0) is 74.3 Å². The van der Waals surface area contributed by atoms with Gasteiger partial charge in [-0.1, -0.05) is 67.9 Å². The highest BCUT2D eigenvalue weighted by Crippen LogP contribution is 2.44. The third-order valence-electron chi connectivity index (χ3n) is 16.3. The van der Waals surface area contributed by atoms with E-state index in [0.717, 1.165) is 11.1 Å². The standard InChI is InChI=1S/C58H96O21/c1-29-17-16-18-40(59)44(69-13)25-41(60)54(78-55(65)33(5)23-31(3)21-30(2)22-32(4)42(20-19-29)76-56-51(64)50(63)52(71-15)37(9)74-56)58(67)35(7)48(61)34(6)43(79-58)24-39(28-68-12)75-47-27-57(11,66)53(38(10)73-47)77-46-26-45(70-14)49(62)36(8)72-46/h17,19-23,32,34-54,56,59-64,66-67H,16,18,24-28H2,1-15H3/b20-19-,29-17-,30-22-,31-21-,33-23-. The number of hydrogen-bond donors (Lipinski definition) is 8. The second kappa shape index (κ2) is 29.8. The molecule has 4 saturated heterocycles. The summed E-state index contributed by atoms with van der Waals surface area (Å²) in [7, 11) is 5.79. The Kier molecular flexibility index (Phi) is 25.3. The third-order valence-corrected chi connectivity index (χ3v) is 16.3. The number of aliphatic hydroxyl groups is 8. The molecule has 0 aromatic carbocycles. The molecule has 21 nitrogen and oxygen atoms in total. The number of hydrogen-bond acceptors (Lipinski definition) is 21. The molecule has 8 N–H and O–H groups in total. The minimum Gasteiger partial charge on any atom is -0.450 e. The summed E-state index contributed by atoms with van der Waals surface area (Å²) < 4.78 is 72.2. The highest BCUT2D eigenvalue weighted by Gasteiger charge is 2.59. The van der Waals surface area contributed by atoms with E-state index in [2.05, 4.69) is 0 Å². The van der Waals surface area contributed by atoms with Crippen molar-refractivity contribution >= 4 is 5.97 Å². The maximum Gasteiger partial charge on any atom is 0.334 e. The van der Waals surface area contributed by atoms with Crippen LogP contribution in [-0.2, 0) is 61.6 Å². The lowest BCUT2D eigenvalue weighted by atomic mass is 9.76. The van der Waals surface area contributed by atoms with E-state index in [1.54, 1.807) is 47.6 Å². The van der Waals surface area contributed by atoms with E-state index in [0.29, 0.717) is 12.0 Å². The second-order valence-corrected chi connectivity index (χ2v) is 23.0. The number of carbonyl (C=O) groups is 1. The van der Waals surface area contributed by atoms with Crippen LogP contribution < -0.4 is 0 Å². The van der Waals surface area contributed by atoms with Gasteiger partial charge < -0.3 is 97.7 Å². The Morgan fingerprint density at radius 1 is 0.722 bits per heavy atom. The van der Waals surface area contributed by atoms with Crippen LogP contribution in [-0.4, -0.2) is 216 Å². The molecular formula is C58H96O21. The van der Waals surface area contributed by atoms with E-state index in [4.69, 9.17) is 56.8 Å². The lowest BCUT2D eigenvalue weighted by Gasteiger charge is -2.52. The molecule has 454 valence electrons. The number of cyclic esters (lactones) is 1. The molecule has 0 aromatic rings. The Balaban J connectivity index is 1.41. The molecule has 0 amide bonds. The zero-order valence-electron chi connectivity index (χ0n) is 49.1. The predicted molar refractivity (Wildman–Crippen MR) is 288 cm³/mol. The summed E-state index contributed by atoms with van der Waals surface area (Å²) in [5.74, 6) is -5.55. The number of rotatable bonds is 14. The van der Waals surface area contributed by atoms with E-state index in [-0.39, 0.29) is 50.2 Å². The van der Waals surface area contributed by atoms with Gasteiger partial charge >= 0.3 is 5.97 Å². The smallest absolute Gasteiger partial charge is 0.334 e. The number of methoxy groups -OCH3 is 4. The number of carbonyl (C=O) groups excluding carboxylic acids is 1. The van der Waals surface area contributed by atoms with Gasteiger partial charge in [0, 0.05) is 77.4 Å². The lowest BCUT2D eigenvalue weighted by molar-refractivity contribution is -0.366. The van der Waals surface area contributed by atoms with Crippen molar-refractivity contribution in [3.8, 4) is 0 Å². The van der Waals surface area contributed by atoms with Crippen LogP contribution >= 0.6 is 0 Å². The minimum atomic E-state index is -2.53. The van der Waals surface area contributed by atoms with Crippen LogP contribution in [0.3, 0.4) is 0 Å². The van der Waals surface area contributed by atoms with Crippen molar-refractivity contribution in [2.24, 2.45) is 17.8 Å². The van der Waals surface area contributed by atoms with E-state index in [9.17, 15) is 45.6 Å². The van der Waals surface area contributed by atoms with Gasteiger partial charge in [-0.25, -0.2) is 4.79 Å². The lowest BCUT2D eigenvalue weighted by Crippen LogP contribution is -2.66. The summed E-state index contributed by atoms with van der Waals surface area (Å²) in [6, 6.07) is 0. The first kappa shape index (κ1) is 67.2. The number of aliphatic hydroxyl groups excluding tert-OH is 6. The normalized spacial score (nSPS) is 47.4. The molecule has 79 heavy (non-hydrogen) atoms. The molecular weight excluding hydrogens is 1030 g/mol. The number of esters is 1.